The molecule has 3 aromatic rings. The Morgan fingerprint density at radius 1 is 0.500 bits per heavy atom. The topological polar surface area (TPSA) is 38.7 Å². The molecule has 1 N–H and O–H groups in total. The lowest BCUT2D eigenvalue weighted by molar-refractivity contribution is -0.0641. The van der Waals surface area contributed by atoms with Gasteiger partial charge in [-0.25, -0.2) is 0 Å². The van der Waals surface area contributed by atoms with Crippen molar-refractivity contribution in [2.24, 2.45) is 0 Å². The maximum Gasteiger partial charge on any atom is 0.143 e. The second-order valence-electron chi connectivity index (χ2n) is 11.8. The molecule has 0 aromatic heterocycles. The molecule has 42 heavy (non-hydrogen) atoms. The number of ether oxygens (including phenoxy) is 2. The summed E-state index contributed by atoms with van der Waals surface area (Å²) in [4.78, 5) is 0. The molecule has 3 heteroatoms. The molecule has 0 bridgehead atoms. The number of unbranched alkanes of at least 4 members (excludes halogenated alkanes) is 14. The predicted octanol–water partition coefficient (Wildman–Crippen LogP) is 10.2. The van der Waals surface area contributed by atoms with Gasteiger partial charge in [-0.05, 0) is 23.1 Å². The summed E-state index contributed by atoms with van der Waals surface area (Å²) >= 11 is 0. The molecule has 3 rings (SSSR count). The number of benzene rings is 3. The molecule has 0 radical (unpaired) electrons. The minimum absolute atomic E-state index is 0.178. The van der Waals surface area contributed by atoms with Crippen LogP contribution in [-0.2, 0) is 15.1 Å². The average molecular weight is 573 g/mol. The lowest BCUT2D eigenvalue weighted by Gasteiger charge is -2.36. The molecule has 0 fully saturated rings. The minimum atomic E-state index is -0.820. The zero-order valence-electron chi connectivity index (χ0n) is 26.2. The molecule has 3 nitrogen and oxygen atoms in total. The summed E-state index contributed by atoms with van der Waals surface area (Å²) in [5.74, 6) is 0. The Bertz CT molecular complexity index is 925. The van der Waals surface area contributed by atoms with Gasteiger partial charge in [-0.15, -0.1) is 0 Å². The quantitative estimate of drug-likeness (QED) is 0.0857. The standard InChI is InChI=1S/C39H56O3/c1-2-3-4-5-6-7-8-9-10-11-12-13-14-15-25-32-41-33-38(40)34-42-39(35-26-19-16-20-27-35,36-28-21-17-22-29-36)37-30-23-18-24-31-37/h16-24,26-31,38,40H,2-15,25,32-34H2,1H3. The van der Waals surface area contributed by atoms with E-state index in [9.17, 15) is 5.11 Å². The van der Waals surface area contributed by atoms with Gasteiger partial charge in [0, 0.05) is 6.61 Å². The van der Waals surface area contributed by atoms with Crippen LogP contribution in [0.15, 0.2) is 91.0 Å². The average Bonchev–Trinajstić information content (AvgIpc) is 3.04. The van der Waals surface area contributed by atoms with Crippen molar-refractivity contribution in [3.05, 3.63) is 108 Å². The SMILES string of the molecule is CCCCCCCCCCCCCCCCCOCC(O)COC(c1ccccc1)(c1ccccc1)c1ccccc1. The van der Waals surface area contributed by atoms with Crippen LogP contribution in [0.3, 0.4) is 0 Å². The van der Waals surface area contributed by atoms with E-state index in [2.05, 4.69) is 43.3 Å². The minimum Gasteiger partial charge on any atom is -0.388 e. The third-order valence-electron chi connectivity index (χ3n) is 8.24. The van der Waals surface area contributed by atoms with Gasteiger partial charge >= 0.3 is 0 Å². The molecule has 0 saturated carbocycles. The van der Waals surface area contributed by atoms with Crippen molar-refractivity contribution in [3.63, 3.8) is 0 Å². The Labute approximate surface area is 256 Å². The summed E-state index contributed by atoms with van der Waals surface area (Å²) in [6.45, 7) is 3.44. The van der Waals surface area contributed by atoms with Gasteiger partial charge in [-0.1, -0.05) is 188 Å². The highest BCUT2D eigenvalue weighted by Crippen LogP contribution is 2.40. The first-order valence-electron chi connectivity index (χ1n) is 16.8. The van der Waals surface area contributed by atoms with Gasteiger partial charge in [0.05, 0.1) is 13.2 Å². The van der Waals surface area contributed by atoms with E-state index in [1.54, 1.807) is 0 Å². The van der Waals surface area contributed by atoms with Gasteiger partial charge in [-0.2, -0.15) is 0 Å². The summed E-state index contributed by atoms with van der Waals surface area (Å²) in [5.41, 5.74) is 2.29. The highest BCUT2D eigenvalue weighted by molar-refractivity contribution is 5.47. The highest BCUT2D eigenvalue weighted by atomic mass is 16.5. The van der Waals surface area contributed by atoms with E-state index in [1.807, 2.05) is 54.6 Å². The predicted molar refractivity (Wildman–Crippen MR) is 177 cm³/mol. The summed E-state index contributed by atoms with van der Waals surface area (Å²) in [7, 11) is 0. The van der Waals surface area contributed by atoms with Crippen LogP contribution in [0.5, 0.6) is 0 Å². The first kappa shape index (κ1) is 34.0. The van der Waals surface area contributed by atoms with Crippen molar-refractivity contribution >= 4 is 0 Å². The molecule has 0 aliphatic rings. The van der Waals surface area contributed by atoms with Crippen molar-refractivity contribution in [2.45, 2.75) is 115 Å². The van der Waals surface area contributed by atoms with E-state index >= 15 is 0 Å². The van der Waals surface area contributed by atoms with Crippen LogP contribution in [0.25, 0.3) is 0 Å². The van der Waals surface area contributed by atoms with Crippen molar-refractivity contribution in [1.82, 2.24) is 0 Å². The van der Waals surface area contributed by atoms with Gasteiger partial charge in [0.25, 0.3) is 0 Å². The van der Waals surface area contributed by atoms with Gasteiger partial charge in [-0.3, -0.25) is 0 Å². The maximum atomic E-state index is 10.8. The Balaban J connectivity index is 1.33. The van der Waals surface area contributed by atoms with Gasteiger partial charge in [0.1, 0.15) is 11.7 Å². The molecule has 3 aromatic carbocycles. The van der Waals surface area contributed by atoms with Crippen LogP contribution in [0, 0.1) is 0 Å². The third-order valence-corrected chi connectivity index (χ3v) is 8.24. The lowest BCUT2D eigenvalue weighted by Crippen LogP contribution is -2.36. The number of hydrogen-bond donors (Lipinski definition) is 1. The summed E-state index contributed by atoms with van der Waals surface area (Å²) in [6.07, 6.45) is 19.6. The van der Waals surface area contributed by atoms with Crippen LogP contribution in [-0.4, -0.2) is 31.0 Å². The van der Waals surface area contributed by atoms with E-state index in [1.165, 1.54) is 89.9 Å². The Kier molecular flexibility index (Phi) is 17.2. The fourth-order valence-corrected chi connectivity index (χ4v) is 5.83. The molecule has 1 atom stereocenters. The number of aliphatic hydroxyl groups is 1. The largest absolute Gasteiger partial charge is 0.388 e. The second kappa shape index (κ2) is 21.3. The van der Waals surface area contributed by atoms with Gasteiger partial charge in [0.2, 0.25) is 0 Å². The van der Waals surface area contributed by atoms with Crippen molar-refractivity contribution in [2.75, 3.05) is 19.8 Å². The molecular formula is C39H56O3. The van der Waals surface area contributed by atoms with Crippen molar-refractivity contribution in [1.29, 1.82) is 0 Å². The van der Waals surface area contributed by atoms with Crippen LogP contribution in [0.2, 0.25) is 0 Å². The maximum absolute atomic E-state index is 10.8. The Morgan fingerprint density at radius 3 is 1.24 bits per heavy atom. The van der Waals surface area contributed by atoms with E-state index in [4.69, 9.17) is 9.47 Å². The summed E-state index contributed by atoms with van der Waals surface area (Å²) in [5, 5.41) is 10.8. The molecule has 0 aliphatic heterocycles. The molecule has 0 spiro atoms. The summed E-state index contributed by atoms with van der Waals surface area (Å²) < 4.78 is 12.6. The Morgan fingerprint density at radius 2 is 0.857 bits per heavy atom. The van der Waals surface area contributed by atoms with Crippen LogP contribution in [0.1, 0.15) is 120 Å². The zero-order chi connectivity index (χ0) is 29.6. The van der Waals surface area contributed by atoms with Crippen molar-refractivity contribution in [3.8, 4) is 0 Å². The van der Waals surface area contributed by atoms with Crippen LogP contribution in [0.4, 0.5) is 0 Å². The molecule has 0 aliphatic carbocycles. The lowest BCUT2D eigenvalue weighted by atomic mass is 9.80. The number of rotatable bonds is 24. The van der Waals surface area contributed by atoms with Crippen LogP contribution >= 0.6 is 0 Å². The van der Waals surface area contributed by atoms with E-state index in [0.29, 0.717) is 6.61 Å². The van der Waals surface area contributed by atoms with Gasteiger partial charge in [0.15, 0.2) is 0 Å². The number of aliphatic hydroxyl groups excluding tert-OH is 1. The Hall–Kier alpha value is -2.46. The highest BCUT2D eigenvalue weighted by Gasteiger charge is 2.38. The summed E-state index contributed by atoms with van der Waals surface area (Å²) in [6, 6.07) is 30.9. The second-order valence-corrected chi connectivity index (χ2v) is 11.8. The molecule has 0 heterocycles. The van der Waals surface area contributed by atoms with E-state index < -0.39 is 11.7 Å². The smallest absolute Gasteiger partial charge is 0.143 e. The van der Waals surface area contributed by atoms with Gasteiger partial charge < -0.3 is 14.6 Å². The van der Waals surface area contributed by atoms with E-state index in [-0.39, 0.29) is 13.2 Å². The number of hydrogen-bond acceptors (Lipinski definition) is 3. The normalized spacial score (nSPS) is 12.4. The molecule has 1 unspecified atom stereocenters. The first-order chi connectivity index (χ1) is 20.8. The van der Waals surface area contributed by atoms with E-state index in [0.717, 1.165) is 23.1 Å². The fourth-order valence-electron chi connectivity index (χ4n) is 5.83. The first-order valence-corrected chi connectivity index (χ1v) is 16.8. The third kappa shape index (κ3) is 12.0. The van der Waals surface area contributed by atoms with Crippen LogP contribution < -0.4 is 0 Å². The monoisotopic (exact) mass is 572 g/mol. The molecule has 230 valence electrons. The fraction of sp³-hybridized carbons (Fsp3) is 0.538. The van der Waals surface area contributed by atoms with Crippen molar-refractivity contribution < 1.29 is 14.6 Å². The zero-order valence-corrected chi connectivity index (χ0v) is 26.2. The molecule has 0 saturated heterocycles. The molecule has 0 amide bonds. The molecular weight excluding hydrogens is 516 g/mol.